The lowest BCUT2D eigenvalue weighted by molar-refractivity contribution is -0.0312. The minimum Gasteiger partial charge on any atom is -0.491 e. The Kier molecular flexibility index (Phi) is 8.48. The molecule has 44 heavy (non-hydrogen) atoms. The van der Waals surface area contributed by atoms with E-state index in [1.54, 1.807) is 18.2 Å². The highest BCUT2D eigenvalue weighted by Gasteiger charge is 2.58. The molecule has 0 radical (unpaired) electrons. The summed E-state index contributed by atoms with van der Waals surface area (Å²) < 4.78 is 91.5. The van der Waals surface area contributed by atoms with Gasteiger partial charge < -0.3 is 19.9 Å². The summed E-state index contributed by atoms with van der Waals surface area (Å²) in [6.07, 6.45) is 0.514. The van der Waals surface area contributed by atoms with Crippen LogP contribution < -0.4 is 10.1 Å². The lowest BCUT2D eigenvalue weighted by Crippen LogP contribution is -2.47. The molecule has 0 amide bonds. The van der Waals surface area contributed by atoms with Gasteiger partial charge >= 0.3 is 0 Å². The maximum absolute atomic E-state index is 13.4. The molecule has 2 N–H and O–H groups in total. The number of benzene rings is 3. The van der Waals surface area contributed by atoms with E-state index in [-0.39, 0.29) is 34.7 Å². The molecule has 2 unspecified atom stereocenters. The van der Waals surface area contributed by atoms with Crippen LogP contribution >= 0.6 is 0 Å². The van der Waals surface area contributed by atoms with E-state index in [0.717, 1.165) is 10.8 Å². The van der Waals surface area contributed by atoms with E-state index in [4.69, 9.17) is 9.47 Å². The average Bonchev–Trinajstić information content (AvgIpc) is 3.40. The summed E-state index contributed by atoms with van der Waals surface area (Å²) in [4.78, 5) is 0.196. The Morgan fingerprint density at radius 2 is 1.68 bits per heavy atom. The second-order valence-corrected chi connectivity index (χ2v) is 16.1. The molecule has 0 bridgehead atoms. The monoisotopic (exact) mass is 650 g/mol. The number of aliphatic hydroxyl groups is 1. The van der Waals surface area contributed by atoms with Crippen molar-refractivity contribution in [1.82, 2.24) is 9.62 Å². The van der Waals surface area contributed by atoms with E-state index in [9.17, 15) is 30.7 Å². The van der Waals surface area contributed by atoms with E-state index in [0.29, 0.717) is 39.0 Å². The van der Waals surface area contributed by atoms with Crippen molar-refractivity contribution in [3.63, 3.8) is 0 Å². The van der Waals surface area contributed by atoms with Crippen molar-refractivity contribution < 1.29 is 40.2 Å². The Bertz CT molecular complexity index is 1730. The van der Waals surface area contributed by atoms with Crippen molar-refractivity contribution in [3.05, 3.63) is 66.7 Å². The van der Waals surface area contributed by atoms with E-state index in [1.807, 2.05) is 30.3 Å². The zero-order valence-electron chi connectivity index (χ0n) is 24.1. The van der Waals surface area contributed by atoms with Crippen LogP contribution in [0.25, 0.3) is 10.8 Å². The number of hydrogen-bond acceptors (Lipinski definition) is 8. The lowest BCUT2D eigenvalue weighted by Gasteiger charge is -2.38. The molecule has 1 aliphatic carbocycles. The largest absolute Gasteiger partial charge is 0.491 e. The molecule has 3 atom stereocenters. The topological polar surface area (TPSA) is 122 Å². The number of rotatable bonds is 11. The number of sulfone groups is 1. The number of piperidine rings is 1. The maximum atomic E-state index is 13.4. The molecule has 1 saturated carbocycles. The molecule has 0 aromatic heterocycles. The second kappa shape index (κ2) is 11.9. The molecule has 238 valence electrons. The van der Waals surface area contributed by atoms with Crippen molar-refractivity contribution in [3.8, 4) is 5.75 Å². The third-order valence-electron chi connectivity index (χ3n) is 8.83. The quantitative estimate of drug-likeness (QED) is 0.323. The van der Waals surface area contributed by atoms with Crippen LogP contribution in [0, 0.1) is 5.92 Å². The molecule has 6 rings (SSSR count). The van der Waals surface area contributed by atoms with E-state index < -0.39 is 55.6 Å². The fourth-order valence-electron chi connectivity index (χ4n) is 6.06. The molecular formula is C31H36F2N2O7S2. The van der Waals surface area contributed by atoms with Crippen molar-refractivity contribution >= 4 is 30.6 Å². The molecule has 2 saturated heterocycles. The molecule has 3 aromatic carbocycles. The Hall–Kier alpha value is -2.68. The Morgan fingerprint density at radius 1 is 0.955 bits per heavy atom. The molecule has 9 nitrogen and oxygen atoms in total. The van der Waals surface area contributed by atoms with Gasteiger partial charge in [0.2, 0.25) is 10.0 Å². The van der Waals surface area contributed by atoms with Gasteiger partial charge in [-0.1, -0.05) is 36.4 Å². The number of nitrogens with one attached hydrogen (secondary N) is 1. The molecule has 3 aliphatic rings. The Balaban J connectivity index is 0.956. The first kappa shape index (κ1) is 31.3. The zero-order valence-corrected chi connectivity index (χ0v) is 25.7. The maximum Gasteiger partial charge on any atom is 0.252 e. The number of fused-ring (bicyclic) bond motifs is 1. The van der Waals surface area contributed by atoms with Crippen molar-refractivity contribution in [2.45, 2.75) is 59.1 Å². The summed E-state index contributed by atoms with van der Waals surface area (Å²) in [7, 11) is -7.51. The molecule has 2 heterocycles. The molecule has 13 heteroatoms. The first-order valence-electron chi connectivity index (χ1n) is 14.7. The number of aliphatic hydroxyl groups excluding tert-OH is 1. The summed E-state index contributed by atoms with van der Waals surface area (Å²) in [5.41, 5.74) is -0.426. The summed E-state index contributed by atoms with van der Waals surface area (Å²) >= 11 is 0. The predicted molar refractivity (Wildman–Crippen MR) is 160 cm³/mol. The van der Waals surface area contributed by atoms with Gasteiger partial charge in [0.25, 0.3) is 5.92 Å². The van der Waals surface area contributed by atoms with Gasteiger partial charge in [-0.15, -0.1) is 0 Å². The van der Waals surface area contributed by atoms with Gasteiger partial charge in [0.1, 0.15) is 18.5 Å². The highest BCUT2D eigenvalue weighted by molar-refractivity contribution is 7.91. The van der Waals surface area contributed by atoms with Gasteiger partial charge in [-0.2, -0.15) is 4.31 Å². The minimum absolute atomic E-state index is 0.0256. The van der Waals surface area contributed by atoms with Gasteiger partial charge in [0.05, 0.1) is 27.8 Å². The fraction of sp³-hybridized carbons (Fsp3) is 0.484. The Labute approximate surface area is 256 Å². The SMILES string of the molecule is O=S(=O)(CC1CC1(F)F)c1cccc(OC[C@@H](O)CNC2COC3(CCN(S(=O)(=O)c4ccc5ccccc5c4)CC3)C2)c1. The highest BCUT2D eigenvalue weighted by Crippen LogP contribution is 2.49. The Morgan fingerprint density at radius 3 is 2.41 bits per heavy atom. The van der Waals surface area contributed by atoms with Crippen LogP contribution in [0.15, 0.2) is 76.5 Å². The molecule has 1 spiro atoms. The highest BCUT2D eigenvalue weighted by atomic mass is 32.2. The van der Waals surface area contributed by atoms with Gasteiger partial charge in [-0.05, 0) is 60.4 Å². The third-order valence-corrected chi connectivity index (χ3v) is 12.5. The number of alkyl halides is 2. The van der Waals surface area contributed by atoms with Crippen LogP contribution in [-0.2, 0) is 24.6 Å². The number of halogens is 2. The second-order valence-electron chi connectivity index (χ2n) is 12.1. The first-order valence-corrected chi connectivity index (χ1v) is 17.8. The van der Waals surface area contributed by atoms with Gasteiger partial charge in [-0.25, -0.2) is 25.6 Å². The van der Waals surface area contributed by atoms with Crippen LogP contribution in [0.4, 0.5) is 8.78 Å². The lowest BCUT2D eigenvalue weighted by atomic mass is 9.88. The van der Waals surface area contributed by atoms with Crippen LogP contribution in [-0.4, -0.2) is 88.5 Å². The molecular weight excluding hydrogens is 614 g/mol. The van der Waals surface area contributed by atoms with Crippen molar-refractivity contribution in [2.24, 2.45) is 5.92 Å². The molecule has 3 aromatic rings. The van der Waals surface area contributed by atoms with E-state index in [1.165, 1.54) is 22.5 Å². The predicted octanol–water partition coefficient (Wildman–Crippen LogP) is 3.61. The smallest absolute Gasteiger partial charge is 0.252 e. The van der Waals surface area contributed by atoms with Gasteiger partial charge in [-0.3, -0.25) is 0 Å². The number of nitrogens with zero attached hydrogens (tertiary/aromatic N) is 1. The van der Waals surface area contributed by atoms with E-state index >= 15 is 0 Å². The van der Waals surface area contributed by atoms with Crippen LogP contribution in [0.2, 0.25) is 0 Å². The summed E-state index contributed by atoms with van der Waals surface area (Å²) in [6.45, 7) is 1.26. The number of ether oxygens (including phenoxy) is 2. The number of hydrogen-bond donors (Lipinski definition) is 2. The minimum atomic E-state index is -3.88. The standard InChI is InChI=1S/C31H36F2N2O7S2/c32-31(33)16-24(31)21-43(37,38)28-7-3-6-27(15-28)41-20-26(36)18-34-25-17-30(42-19-25)10-12-35(13-11-30)44(39,40)29-9-8-22-4-1-2-5-23(22)14-29/h1-9,14-15,24-26,34,36H,10-13,16-21H2/t24?,25?,26-/m0/s1. The van der Waals surface area contributed by atoms with Crippen LogP contribution in [0.3, 0.4) is 0 Å². The third kappa shape index (κ3) is 6.77. The summed E-state index contributed by atoms with van der Waals surface area (Å²) in [5, 5.41) is 15.6. The molecule has 3 fully saturated rings. The average molecular weight is 651 g/mol. The summed E-state index contributed by atoms with van der Waals surface area (Å²) in [5.74, 6) is -4.46. The number of sulfonamides is 1. The van der Waals surface area contributed by atoms with Gasteiger partial charge in [0.15, 0.2) is 9.84 Å². The van der Waals surface area contributed by atoms with Gasteiger partial charge in [0, 0.05) is 38.0 Å². The van der Waals surface area contributed by atoms with E-state index in [2.05, 4.69) is 5.32 Å². The molecule has 2 aliphatic heterocycles. The normalized spacial score (nSPS) is 24.0. The zero-order chi connectivity index (χ0) is 31.2. The van der Waals surface area contributed by atoms with Crippen molar-refractivity contribution in [1.29, 1.82) is 0 Å². The summed E-state index contributed by atoms with van der Waals surface area (Å²) in [6, 6.07) is 18.5. The van der Waals surface area contributed by atoms with Crippen LogP contribution in [0.5, 0.6) is 5.75 Å². The fourth-order valence-corrected chi connectivity index (χ4v) is 9.20. The van der Waals surface area contributed by atoms with Crippen LogP contribution in [0.1, 0.15) is 25.7 Å². The van der Waals surface area contributed by atoms with Crippen molar-refractivity contribution in [2.75, 3.05) is 38.6 Å². The first-order chi connectivity index (χ1) is 20.9.